The molecule has 100 valence electrons. The number of carbonyl (C=O) groups excluding carboxylic acids is 1. The Morgan fingerprint density at radius 2 is 2.39 bits per heavy atom. The maximum absolute atomic E-state index is 12.1. The lowest BCUT2D eigenvalue weighted by molar-refractivity contribution is 0.0700. The highest BCUT2D eigenvalue weighted by Gasteiger charge is 2.16. The van der Waals surface area contributed by atoms with Crippen molar-refractivity contribution in [2.75, 3.05) is 26.8 Å². The van der Waals surface area contributed by atoms with Crippen LogP contribution in [-0.4, -0.2) is 48.7 Å². The fourth-order valence-corrected chi connectivity index (χ4v) is 1.38. The molecular formula is C11H17N3O4. The minimum atomic E-state index is -0.175. The molecule has 18 heavy (non-hydrogen) atoms. The predicted octanol–water partition coefficient (Wildman–Crippen LogP) is 0.505. The first-order valence-electron chi connectivity index (χ1n) is 5.46. The third kappa shape index (κ3) is 4.10. The Labute approximate surface area is 105 Å². The molecule has 0 atom stereocenters. The number of rotatable bonds is 7. The van der Waals surface area contributed by atoms with Crippen LogP contribution in [0.2, 0.25) is 0 Å². The van der Waals surface area contributed by atoms with Gasteiger partial charge in [0, 0.05) is 26.6 Å². The van der Waals surface area contributed by atoms with E-state index in [0.717, 1.165) is 0 Å². The molecule has 0 spiro atoms. The Morgan fingerprint density at radius 1 is 1.61 bits per heavy atom. The van der Waals surface area contributed by atoms with Crippen LogP contribution in [-0.2, 0) is 4.74 Å². The van der Waals surface area contributed by atoms with E-state index in [4.69, 9.17) is 20.1 Å². The zero-order valence-electron chi connectivity index (χ0n) is 10.2. The number of oxime groups is 1. The molecule has 0 aliphatic rings. The van der Waals surface area contributed by atoms with E-state index >= 15 is 0 Å². The summed E-state index contributed by atoms with van der Waals surface area (Å²) in [4.78, 5) is 13.6. The number of hydrogen-bond donors (Lipinski definition) is 2. The van der Waals surface area contributed by atoms with E-state index in [1.165, 1.54) is 12.5 Å². The predicted molar refractivity (Wildman–Crippen MR) is 64.5 cm³/mol. The van der Waals surface area contributed by atoms with Crippen LogP contribution in [0.4, 0.5) is 0 Å². The molecule has 0 aliphatic carbocycles. The van der Waals surface area contributed by atoms with Crippen molar-refractivity contribution in [3.05, 3.63) is 24.2 Å². The van der Waals surface area contributed by atoms with Crippen molar-refractivity contribution in [3.8, 4) is 0 Å². The number of furan rings is 1. The maximum Gasteiger partial charge on any atom is 0.257 e. The molecule has 1 aromatic rings. The minimum Gasteiger partial charge on any atom is -0.472 e. The Hall–Kier alpha value is -2.02. The van der Waals surface area contributed by atoms with Crippen molar-refractivity contribution >= 4 is 11.7 Å². The summed E-state index contributed by atoms with van der Waals surface area (Å²) in [5.41, 5.74) is 5.84. The van der Waals surface area contributed by atoms with Crippen LogP contribution in [0.1, 0.15) is 16.8 Å². The Morgan fingerprint density at radius 3 is 2.94 bits per heavy atom. The topological polar surface area (TPSA) is 101 Å². The summed E-state index contributed by atoms with van der Waals surface area (Å²) in [6.45, 7) is 1.20. The van der Waals surface area contributed by atoms with Gasteiger partial charge in [0.2, 0.25) is 0 Å². The van der Waals surface area contributed by atoms with E-state index < -0.39 is 0 Å². The lowest BCUT2D eigenvalue weighted by Crippen LogP contribution is -2.36. The molecule has 1 aromatic heterocycles. The van der Waals surface area contributed by atoms with Gasteiger partial charge in [-0.3, -0.25) is 4.79 Å². The molecule has 0 unspecified atom stereocenters. The SMILES string of the molecule is COCCN(CCC(N)=NO)C(=O)c1ccoc1. The van der Waals surface area contributed by atoms with Crippen LogP contribution >= 0.6 is 0 Å². The normalized spacial score (nSPS) is 11.5. The van der Waals surface area contributed by atoms with E-state index in [0.29, 0.717) is 31.7 Å². The number of carbonyl (C=O) groups is 1. The van der Waals surface area contributed by atoms with Crippen LogP contribution in [0.25, 0.3) is 0 Å². The molecule has 1 rings (SSSR count). The highest BCUT2D eigenvalue weighted by molar-refractivity contribution is 5.94. The number of amidine groups is 1. The number of methoxy groups -OCH3 is 1. The largest absolute Gasteiger partial charge is 0.472 e. The fraction of sp³-hybridized carbons (Fsp3) is 0.455. The Bertz CT molecular complexity index is 389. The average molecular weight is 255 g/mol. The molecular weight excluding hydrogens is 238 g/mol. The van der Waals surface area contributed by atoms with Gasteiger partial charge in [-0.1, -0.05) is 5.16 Å². The summed E-state index contributed by atoms with van der Waals surface area (Å²) in [6.07, 6.45) is 3.11. The zero-order valence-corrected chi connectivity index (χ0v) is 10.2. The molecule has 0 saturated heterocycles. The molecule has 7 heteroatoms. The fourth-order valence-electron chi connectivity index (χ4n) is 1.38. The molecule has 0 aliphatic heterocycles. The van der Waals surface area contributed by atoms with Crippen LogP contribution in [0, 0.1) is 0 Å². The number of hydrogen-bond acceptors (Lipinski definition) is 5. The Kier molecular flexibility index (Phi) is 5.72. The summed E-state index contributed by atoms with van der Waals surface area (Å²) in [5.74, 6) is -0.0936. The lowest BCUT2D eigenvalue weighted by Gasteiger charge is -2.21. The third-order valence-electron chi connectivity index (χ3n) is 2.39. The van der Waals surface area contributed by atoms with E-state index in [1.807, 2.05) is 0 Å². The standard InChI is InChI=1S/C11H17N3O4/c1-17-7-5-14(4-2-10(12)13-16)11(15)9-3-6-18-8-9/h3,6,8,16H,2,4-5,7H2,1H3,(H2,12,13). The smallest absolute Gasteiger partial charge is 0.257 e. The molecule has 1 heterocycles. The molecule has 1 amide bonds. The van der Waals surface area contributed by atoms with E-state index in [1.54, 1.807) is 18.1 Å². The van der Waals surface area contributed by atoms with Gasteiger partial charge in [-0.25, -0.2) is 0 Å². The van der Waals surface area contributed by atoms with Crippen molar-refractivity contribution < 1.29 is 19.2 Å². The summed E-state index contributed by atoms with van der Waals surface area (Å²) in [7, 11) is 1.56. The van der Waals surface area contributed by atoms with Gasteiger partial charge in [0.05, 0.1) is 18.4 Å². The van der Waals surface area contributed by atoms with Gasteiger partial charge >= 0.3 is 0 Å². The van der Waals surface area contributed by atoms with E-state index in [2.05, 4.69) is 5.16 Å². The van der Waals surface area contributed by atoms with Crippen molar-refractivity contribution in [2.24, 2.45) is 10.9 Å². The van der Waals surface area contributed by atoms with Gasteiger partial charge < -0.3 is 25.0 Å². The molecule has 3 N–H and O–H groups in total. The van der Waals surface area contributed by atoms with Crippen molar-refractivity contribution in [3.63, 3.8) is 0 Å². The van der Waals surface area contributed by atoms with Crippen molar-refractivity contribution in [1.29, 1.82) is 0 Å². The number of nitrogens with zero attached hydrogens (tertiary/aromatic N) is 2. The second-order valence-corrected chi connectivity index (χ2v) is 3.64. The quantitative estimate of drug-likeness (QED) is 0.320. The monoisotopic (exact) mass is 255 g/mol. The first-order valence-corrected chi connectivity index (χ1v) is 5.46. The number of amides is 1. The van der Waals surface area contributed by atoms with Crippen LogP contribution in [0.3, 0.4) is 0 Å². The first kappa shape index (κ1) is 14.0. The zero-order chi connectivity index (χ0) is 13.4. The van der Waals surface area contributed by atoms with E-state index in [-0.39, 0.29) is 11.7 Å². The summed E-state index contributed by atoms with van der Waals surface area (Å²) in [5, 5.41) is 11.3. The highest BCUT2D eigenvalue weighted by Crippen LogP contribution is 2.06. The average Bonchev–Trinajstić information content (AvgIpc) is 2.91. The second-order valence-electron chi connectivity index (χ2n) is 3.64. The van der Waals surface area contributed by atoms with Crippen LogP contribution in [0.15, 0.2) is 28.2 Å². The summed E-state index contributed by atoms with van der Waals surface area (Å²) < 4.78 is 9.81. The third-order valence-corrected chi connectivity index (χ3v) is 2.39. The summed E-state index contributed by atoms with van der Waals surface area (Å²) >= 11 is 0. The minimum absolute atomic E-state index is 0.0809. The van der Waals surface area contributed by atoms with Crippen LogP contribution in [0.5, 0.6) is 0 Å². The molecule has 0 saturated carbocycles. The second kappa shape index (κ2) is 7.33. The lowest BCUT2D eigenvalue weighted by atomic mass is 10.2. The first-order chi connectivity index (χ1) is 8.69. The maximum atomic E-state index is 12.1. The van der Waals surface area contributed by atoms with Crippen LogP contribution < -0.4 is 5.73 Å². The Balaban J connectivity index is 2.62. The van der Waals surface area contributed by atoms with Gasteiger partial charge in [0.1, 0.15) is 12.1 Å². The highest BCUT2D eigenvalue weighted by atomic mass is 16.5. The molecule has 0 fully saturated rings. The molecule has 0 radical (unpaired) electrons. The number of ether oxygens (including phenoxy) is 1. The molecule has 7 nitrogen and oxygen atoms in total. The van der Waals surface area contributed by atoms with E-state index in [9.17, 15) is 4.79 Å². The van der Waals surface area contributed by atoms with Crippen molar-refractivity contribution in [1.82, 2.24) is 4.90 Å². The number of nitrogens with two attached hydrogens (primary N) is 1. The van der Waals surface area contributed by atoms with Crippen molar-refractivity contribution in [2.45, 2.75) is 6.42 Å². The summed E-state index contributed by atoms with van der Waals surface area (Å²) in [6, 6.07) is 1.59. The van der Waals surface area contributed by atoms with Gasteiger partial charge in [-0.15, -0.1) is 0 Å². The van der Waals surface area contributed by atoms with Gasteiger partial charge in [-0.05, 0) is 6.07 Å². The van der Waals surface area contributed by atoms with Gasteiger partial charge in [-0.2, -0.15) is 0 Å². The van der Waals surface area contributed by atoms with Gasteiger partial charge in [0.25, 0.3) is 5.91 Å². The van der Waals surface area contributed by atoms with Gasteiger partial charge in [0.15, 0.2) is 0 Å². The molecule has 0 aromatic carbocycles. The molecule has 0 bridgehead atoms.